The van der Waals surface area contributed by atoms with Gasteiger partial charge in [0.2, 0.25) is 5.91 Å². The van der Waals surface area contributed by atoms with Crippen LogP contribution in [0.1, 0.15) is 100 Å². The number of nitrogens with zero attached hydrogens (tertiary/aromatic N) is 4. The lowest BCUT2D eigenvalue weighted by Gasteiger charge is -2.34. The molecule has 4 aromatic carbocycles. The van der Waals surface area contributed by atoms with Crippen LogP contribution in [0, 0.1) is 0 Å². The Kier molecular flexibility index (Phi) is 44.4. The summed E-state index contributed by atoms with van der Waals surface area (Å²) in [6.07, 6.45) is 0.708. The Labute approximate surface area is 600 Å². The number of aryl methyl sites for hydroxylation is 2. The standard InChI is InChI=1S/C42H51F3N4O6.C34H58N2O11/c1-4-49(5-2)36-15-16-38(37(29-36)39-28-34(17-18-46-39)40(50)47-30-32-11-8-14-35(27-32)42(43,44)45)48-41(51)33-13-7-10-31(26-33)12-9-19-53-22-23-55-25-24-54-21-20-52-6-3;1-3-33(37)35-9-11-36(12-10-35)34(38)32-8-4-6-31(30-32)7-5-13-40-16-17-42-20-21-44-24-25-46-28-29-47-27-26-45-23-22-43-19-18-41-15-14-39-2/h7-8,10-11,13-18,26-29H,4-6,9,12,19-25,30H2,1-3H3,(H,47,50)(H,48,51);4,6,8,30H,3,5,7,9-29H2,1-2H3. The number of ether oxygens (including phenoxy) is 13. The molecule has 1 aliphatic heterocycles. The van der Waals surface area contributed by atoms with Gasteiger partial charge in [0.05, 0.1) is 162 Å². The molecule has 0 bridgehead atoms. The van der Waals surface area contributed by atoms with Gasteiger partial charge in [0.25, 0.3) is 17.7 Å². The second kappa shape index (κ2) is 52.9. The summed E-state index contributed by atoms with van der Waals surface area (Å²) in [5.41, 5.74) is 5.58. The van der Waals surface area contributed by atoms with Crippen LogP contribution in [0.5, 0.6) is 0 Å². The number of anilines is 2. The fourth-order valence-corrected chi connectivity index (χ4v) is 10.3. The normalized spacial score (nSPS) is 12.3. The Morgan fingerprint density at radius 1 is 0.471 bits per heavy atom. The van der Waals surface area contributed by atoms with E-state index in [1.165, 1.54) is 24.4 Å². The van der Waals surface area contributed by atoms with Gasteiger partial charge in [0.15, 0.2) is 0 Å². The first kappa shape index (κ1) is 85.6. The van der Waals surface area contributed by atoms with Crippen molar-refractivity contribution in [2.75, 3.05) is 222 Å². The van der Waals surface area contributed by atoms with Gasteiger partial charge in [-0.2, -0.15) is 13.2 Å². The summed E-state index contributed by atoms with van der Waals surface area (Å²) in [6.45, 7) is 25.1. The van der Waals surface area contributed by atoms with Crippen molar-refractivity contribution in [3.63, 3.8) is 0 Å². The van der Waals surface area contributed by atoms with Crippen LogP contribution in [-0.2, 0) is 91.9 Å². The molecule has 4 amide bonds. The van der Waals surface area contributed by atoms with Crippen LogP contribution in [0.3, 0.4) is 0 Å². The maximum Gasteiger partial charge on any atom is 0.416 e. The molecule has 26 heteroatoms. The summed E-state index contributed by atoms with van der Waals surface area (Å²) in [5, 5.41) is 5.74. The first-order chi connectivity index (χ1) is 49.8. The van der Waals surface area contributed by atoms with Crippen LogP contribution >= 0.6 is 0 Å². The van der Waals surface area contributed by atoms with Crippen molar-refractivity contribution in [2.45, 2.75) is 72.5 Å². The molecular formula is C76H109F3N6O17. The topological polar surface area (TPSA) is 235 Å². The fourth-order valence-electron chi connectivity index (χ4n) is 10.3. The zero-order valence-corrected chi connectivity index (χ0v) is 60.4. The maximum atomic E-state index is 13.6. The number of carbonyl (C=O) groups is 4. The van der Waals surface area contributed by atoms with E-state index in [2.05, 4.69) is 20.5 Å². The number of methoxy groups -OCH3 is 1. The molecule has 2 heterocycles. The number of alkyl halides is 3. The van der Waals surface area contributed by atoms with Gasteiger partial charge in [-0.3, -0.25) is 24.2 Å². The molecule has 1 saturated heterocycles. The summed E-state index contributed by atoms with van der Waals surface area (Å²) in [7, 11) is 1.64. The van der Waals surface area contributed by atoms with Gasteiger partial charge in [-0.1, -0.05) is 43.3 Å². The molecule has 0 radical (unpaired) electrons. The number of halogens is 3. The van der Waals surface area contributed by atoms with Crippen LogP contribution in [0.4, 0.5) is 24.5 Å². The minimum Gasteiger partial charge on any atom is -0.382 e. The van der Waals surface area contributed by atoms with Gasteiger partial charge < -0.3 is 86.9 Å². The van der Waals surface area contributed by atoms with E-state index >= 15 is 0 Å². The minimum absolute atomic E-state index is 0.0261. The fraction of sp³-hybridized carbons (Fsp3) is 0.566. The SMILES string of the molecule is CCC(=O)N1CCN(C(=O)c2cccc(CCCOCCOCCOCCOCCOCCOCCOCCOCCOC)c2)CC1.CCOCCOCCOCCOCCCc1cccc(C(=O)Nc2ccc(N(CC)CC)cc2-c2cc(C(=O)NCc3cccc(C(F)(F)F)c3)ccn2)c1. The van der Waals surface area contributed by atoms with Crippen molar-refractivity contribution < 1.29 is 93.9 Å². The smallest absolute Gasteiger partial charge is 0.382 e. The maximum absolute atomic E-state index is 13.6. The summed E-state index contributed by atoms with van der Waals surface area (Å²) in [5.74, 6) is -0.606. The van der Waals surface area contributed by atoms with Crippen molar-refractivity contribution >= 4 is 35.0 Å². The number of pyridine rings is 1. The first-order valence-electron chi connectivity index (χ1n) is 35.6. The predicted octanol–water partition coefficient (Wildman–Crippen LogP) is 9.91. The Hall–Kier alpha value is -7.02. The van der Waals surface area contributed by atoms with Crippen molar-refractivity contribution in [3.8, 4) is 11.3 Å². The zero-order valence-electron chi connectivity index (χ0n) is 60.4. The Balaban J connectivity index is 0.000000372. The van der Waals surface area contributed by atoms with E-state index in [1.54, 1.807) is 19.2 Å². The highest BCUT2D eigenvalue weighted by molar-refractivity contribution is 6.07. The average molecular weight is 1440 g/mol. The highest BCUT2D eigenvalue weighted by atomic mass is 19.4. The van der Waals surface area contributed by atoms with Crippen LogP contribution in [0.15, 0.2) is 109 Å². The molecule has 0 spiro atoms. The number of piperazine rings is 1. The zero-order chi connectivity index (χ0) is 73.1. The van der Waals surface area contributed by atoms with Crippen molar-refractivity contribution in [1.82, 2.24) is 20.1 Å². The predicted molar refractivity (Wildman–Crippen MR) is 383 cm³/mol. The molecule has 1 fully saturated rings. The summed E-state index contributed by atoms with van der Waals surface area (Å²) in [4.78, 5) is 62.0. The molecule has 6 rings (SSSR count). The van der Waals surface area contributed by atoms with E-state index in [0.29, 0.717) is 231 Å². The van der Waals surface area contributed by atoms with E-state index in [9.17, 15) is 32.3 Å². The number of amides is 4. The third kappa shape index (κ3) is 35.4. The molecule has 1 aliphatic rings. The molecule has 1 aromatic heterocycles. The monoisotopic (exact) mass is 1430 g/mol. The molecule has 23 nitrogen and oxygen atoms in total. The van der Waals surface area contributed by atoms with E-state index in [0.717, 1.165) is 67.7 Å². The Morgan fingerprint density at radius 3 is 1.39 bits per heavy atom. The highest BCUT2D eigenvalue weighted by Gasteiger charge is 2.30. The van der Waals surface area contributed by atoms with E-state index < -0.39 is 17.6 Å². The molecule has 0 atom stereocenters. The molecule has 0 aliphatic carbocycles. The Morgan fingerprint density at radius 2 is 0.912 bits per heavy atom. The third-order valence-corrected chi connectivity index (χ3v) is 15.8. The number of carbonyl (C=O) groups excluding carboxylic acids is 4. The van der Waals surface area contributed by atoms with Gasteiger partial charge in [0.1, 0.15) is 0 Å². The van der Waals surface area contributed by atoms with Crippen molar-refractivity contribution in [1.29, 1.82) is 0 Å². The third-order valence-electron chi connectivity index (χ3n) is 15.8. The lowest BCUT2D eigenvalue weighted by molar-refractivity contribution is -0.137. The van der Waals surface area contributed by atoms with E-state index in [1.807, 2.05) is 98.2 Å². The molecule has 0 unspecified atom stereocenters. The first-order valence-corrected chi connectivity index (χ1v) is 35.6. The molecule has 0 saturated carbocycles. The lowest BCUT2D eigenvalue weighted by Crippen LogP contribution is -2.50. The van der Waals surface area contributed by atoms with E-state index in [4.69, 9.17) is 61.6 Å². The van der Waals surface area contributed by atoms with Gasteiger partial charge in [-0.15, -0.1) is 0 Å². The van der Waals surface area contributed by atoms with Gasteiger partial charge in [-0.05, 0) is 130 Å². The molecule has 5 aromatic rings. The number of aromatic nitrogens is 1. The average Bonchev–Trinajstić information content (AvgIpc) is 0.800. The molecule has 566 valence electrons. The second-order valence-corrected chi connectivity index (χ2v) is 23.2. The van der Waals surface area contributed by atoms with E-state index in [-0.39, 0.29) is 29.8 Å². The number of benzene rings is 4. The molecule has 102 heavy (non-hydrogen) atoms. The number of nitrogens with one attached hydrogen (secondary N) is 2. The molecule has 2 N–H and O–H groups in total. The van der Waals surface area contributed by atoms with Crippen LogP contribution < -0.4 is 15.5 Å². The van der Waals surface area contributed by atoms with Crippen molar-refractivity contribution in [2.24, 2.45) is 0 Å². The molecular weight excluding hydrogens is 1330 g/mol. The van der Waals surface area contributed by atoms with Crippen molar-refractivity contribution in [3.05, 3.63) is 148 Å². The van der Waals surface area contributed by atoms with Gasteiger partial charge in [0, 0.05) is 113 Å². The summed E-state index contributed by atoms with van der Waals surface area (Å²) in [6, 6.07) is 28.9. The largest absolute Gasteiger partial charge is 0.416 e. The van der Waals surface area contributed by atoms with Gasteiger partial charge in [-0.25, -0.2) is 0 Å². The van der Waals surface area contributed by atoms with Gasteiger partial charge >= 0.3 is 6.18 Å². The highest BCUT2D eigenvalue weighted by Crippen LogP contribution is 2.33. The van der Waals surface area contributed by atoms with Crippen LogP contribution in [-0.4, -0.2) is 250 Å². The Bertz CT molecular complexity index is 3100. The minimum atomic E-state index is -4.48. The lowest BCUT2D eigenvalue weighted by atomic mass is 10.0. The summed E-state index contributed by atoms with van der Waals surface area (Å²) >= 11 is 0. The number of hydrogen-bond acceptors (Lipinski definition) is 19. The number of rotatable bonds is 53. The van der Waals surface area contributed by atoms with Crippen LogP contribution in [0.25, 0.3) is 11.3 Å². The second-order valence-electron chi connectivity index (χ2n) is 23.2. The summed E-state index contributed by atoms with van der Waals surface area (Å²) < 4.78 is 110. The quantitative estimate of drug-likeness (QED) is 0.0345. The number of hydrogen-bond donors (Lipinski definition) is 2. The van der Waals surface area contributed by atoms with Crippen LogP contribution in [0.2, 0.25) is 0 Å².